The molecule has 1 fully saturated rings. The minimum absolute atomic E-state index is 0.0110. The summed E-state index contributed by atoms with van der Waals surface area (Å²) >= 11 is 0. The number of hydrogen-bond acceptors (Lipinski definition) is 3. The Kier molecular flexibility index (Phi) is 4.80. The van der Waals surface area contributed by atoms with Crippen molar-refractivity contribution >= 4 is 11.9 Å². The van der Waals surface area contributed by atoms with Gasteiger partial charge in [0.1, 0.15) is 0 Å². The third kappa shape index (κ3) is 3.91. The van der Waals surface area contributed by atoms with Gasteiger partial charge in [-0.3, -0.25) is 14.9 Å². The number of rotatable bonds is 5. The lowest BCUT2D eigenvalue weighted by Gasteiger charge is -2.16. The molecule has 0 aromatic heterocycles. The summed E-state index contributed by atoms with van der Waals surface area (Å²) in [6.45, 7) is 1.79. The summed E-state index contributed by atoms with van der Waals surface area (Å²) in [6.07, 6.45) is 5.95. The number of aliphatic carboxylic acids is 1. The highest BCUT2D eigenvalue weighted by Gasteiger charge is 2.27. The second-order valence-electron chi connectivity index (χ2n) is 3.90. The average Bonchev–Trinajstić information content (AvgIpc) is 2.65. The SMILES string of the molecule is C#CCNCC(=O)N1CCC(CC(=O)O)C1. The van der Waals surface area contributed by atoms with Gasteiger partial charge in [-0.15, -0.1) is 6.42 Å². The van der Waals surface area contributed by atoms with Gasteiger partial charge < -0.3 is 10.0 Å². The van der Waals surface area contributed by atoms with Gasteiger partial charge in [0, 0.05) is 19.5 Å². The van der Waals surface area contributed by atoms with Crippen LogP contribution >= 0.6 is 0 Å². The Morgan fingerprint density at radius 1 is 1.56 bits per heavy atom. The molecule has 0 bridgehead atoms. The molecule has 1 heterocycles. The van der Waals surface area contributed by atoms with E-state index in [0.717, 1.165) is 6.42 Å². The molecule has 1 rings (SSSR count). The fourth-order valence-corrected chi connectivity index (χ4v) is 1.83. The number of nitrogens with zero attached hydrogens (tertiary/aromatic N) is 1. The second kappa shape index (κ2) is 6.13. The van der Waals surface area contributed by atoms with Crippen molar-refractivity contribution < 1.29 is 14.7 Å². The number of hydrogen-bond donors (Lipinski definition) is 2. The van der Waals surface area contributed by atoms with Crippen molar-refractivity contribution in [2.24, 2.45) is 5.92 Å². The number of carboxylic acid groups (broad SMARTS) is 1. The normalized spacial score (nSPS) is 19.4. The fourth-order valence-electron chi connectivity index (χ4n) is 1.83. The molecule has 0 aromatic rings. The highest BCUT2D eigenvalue weighted by molar-refractivity contribution is 5.78. The van der Waals surface area contributed by atoms with E-state index in [-0.39, 0.29) is 24.8 Å². The number of carbonyl (C=O) groups is 2. The van der Waals surface area contributed by atoms with E-state index in [1.54, 1.807) is 4.90 Å². The molecular weight excluding hydrogens is 208 g/mol. The van der Waals surface area contributed by atoms with Crippen LogP contribution in [0.25, 0.3) is 0 Å². The Balaban J connectivity index is 2.27. The quantitative estimate of drug-likeness (QED) is 0.489. The summed E-state index contributed by atoms with van der Waals surface area (Å²) in [5.74, 6) is 1.67. The van der Waals surface area contributed by atoms with Gasteiger partial charge >= 0.3 is 5.97 Å². The van der Waals surface area contributed by atoms with Crippen molar-refractivity contribution in [2.75, 3.05) is 26.2 Å². The van der Waals surface area contributed by atoms with Gasteiger partial charge in [-0.2, -0.15) is 0 Å². The number of carbonyl (C=O) groups excluding carboxylic acids is 1. The molecule has 0 aliphatic carbocycles. The van der Waals surface area contributed by atoms with Crippen molar-refractivity contribution in [1.82, 2.24) is 10.2 Å². The van der Waals surface area contributed by atoms with Crippen LogP contribution in [0.5, 0.6) is 0 Å². The summed E-state index contributed by atoms with van der Waals surface area (Å²) in [5.41, 5.74) is 0. The molecule has 1 aliphatic rings. The molecule has 1 unspecified atom stereocenters. The van der Waals surface area contributed by atoms with Crippen molar-refractivity contribution in [3.8, 4) is 12.3 Å². The van der Waals surface area contributed by atoms with Crippen LogP contribution in [0.3, 0.4) is 0 Å². The Hall–Kier alpha value is -1.54. The third-order valence-electron chi connectivity index (χ3n) is 2.61. The third-order valence-corrected chi connectivity index (χ3v) is 2.61. The van der Waals surface area contributed by atoms with Crippen LogP contribution in [0.1, 0.15) is 12.8 Å². The Labute approximate surface area is 94.8 Å². The second-order valence-corrected chi connectivity index (χ2v) is 3.90. The summed E-state index contributed by atoms with van der Waals surface area (Å²) < 4.78 is 0. The Morgan fingerprint density at radius 2 is 2.31 bits per heavy atom. The average molecular weight is 224 g/mol. The molecule has 0 spiro atoms. The first-order valence-electron chi connectivity index (χ1n) is 5.27. The highest BCUT2D eigenvalue weighted by Crippen LogP contribution is 2.19. The van der Waals surface area contributed by atoms with E-state index in [0.29, 0.717) is 19.6 Å². The van der Waals surface area contributed by atoms with E-state index in [1.165, 1.54) is 0 Å². The van der Waals surface area contributed by atoms with Crippen molar-refractivity contribution in [3.05, 3.63) is 0 Å². The summed E-state index contributed by atoms with van der Waals surface area (Å²) in [4.78, 5) is 23.8. The minimum atomic E-state index is -0.801. The molecular formula is C11H16N2O3. The highest BCUT2D eigenvalue weighted by atomic mass is 16.4. The van der Waals surface area contributed by atoms with Gasteiger partial charge in [0.15, 0.2) is 0 Å². The van der Waals surface area contributed by atoms with Crippen molar-refractivity contribution in [2.45, 2.75) is 12.8 Å². The van der Waals surface area contributed by atoms with Crippen LogP contribution in [-0.4, -0.2) is 48.1 Å². The van der Waals surface area contributed by atoms with E-state index < -0.39 is 5.97 Å². The summed E-state index contributed by atoms with van der Waals surface area (Å²) in [5, 5.41) is 11.5. The molecule has 88 valence electrons. The van der Waals surface area contributed by atoms with Gasteiger partial charge in [0.25, 0.3) is 0 Å². The first kappa shape index (κ1) is 12.5. The van der Waals surface area contributed by atoms with Crippen molar-refractivity contribution in [3.63, 3.8) is 0 Å². The van der Waals surface area contributed by atoms with Gasteiger partial charge in [-0.1, -0.05) is 5.92 Å². The molecule has 1 atom stereocenters. The standard InChI is InChI=1S/C11H16N2O3/c1-2-4-12-7-10(14)13-5-3-9(8-13)6-11(15)16/h1,9,12H,3-8H2,(H,15,16). The van der Waals surface area contributed by atoms with Crippen LogP contribution in [0, 0.1) is 18.3 Å². The van der Waals surface area contributed by atoms with E-state index in [9.17, 15) is 9.59 Å². The topological polar surface area (TPSA) is 69.6 Å². The molecule has 5 nitrogen and oxygen atoms in total. The van der Waals surface area contributed by atoms with Crippen LogP contribution in [-0.2, 0) is 9.59 Å². The smallest absolute Gasteiger partial charge is 0.303 e. The molecule has 16 heavy (non-hydrogen) atoms. The number of amides is 1. The zero-order valence-electron chi connectivity index (χ0n) is 9.11. The zero-order valence-corrected chi connectivity index (χ0v) is 9.11. The maximum absolute atomic E-state index is 11.6. The maximum Gasteiger partial charge on any atom is 0.303 e. The zero-order chi connectivity index (χ0) is 12.0. The number of terminal acetylenes is 1. The van der Waals surface area contributed by atoms with Gasteiger partial charge in [-0.05, 0) is 12.3 Å². The van der Waals surface area contributed by atoms with Crippen LogP contribution in [0.15, 0.2) is 0 Å². The largest absolute Gasteiger partial charge is 0.481 e. The van der Waals surface area contributed by atoms with Crippen LogP contribution in [0.4, 0.5) is 0 Å². The van der Waals surface area contributed by atoms with Crippen molar-refractivity contribution in [1.29, 1.82) is 0 Å². The number of likely N-dealkylation sites (tertiary alicyclic amines) is 1. The molecule has 5 heteroatoms. The lowest BCUT2D eigenvalue weighted by molar-refractivity contribution is -0.138. The Morgan fingerprint density at radius 3 is 2.94 bits per heavy atom. The number of nitrogens with one attached hydrogen (secondary N) is 1. The molecule has 1 amide bonds. The minimum Gasteiger partial charge on any atom is -0.481 e. The summed E-state index contributed by atoms with van der Waals surface area (Å²) in [7, 11) is 0. The Bertz CT molecular complexity index is 309. The lowest BCUT2D eigenvalue weighted by Crippen LogP contribution is -2.37. The molecule has 0 radical (unpaired) electrons. The van der Waals surface area contributed by atoms with Gasteiger partial charge in [0.2, 0.25) is 5.91 Å². The fraction of sp³-hybridized carbons (Fsp3) is 0.636. The predicted molar refractivity (Wildman–Crippen MR) is 58.6 cm³/mol. The van der Waals surface area contributed by atoms with E-state index in [2.05, 4.69) is 11.2 Å². The van der Waals surface area contributed by atoms with E-state index in [4.69, 9.17) is 11.5 Å². The molecule has 2 N–H and O–H groups in total. The predicted octanol–water partition coefficient (Wildman–Crippen LogP) is -0.468. The molecule has 0 aromatic carbocycles. The maximum atomic E-state index is 11.6. The molecule has 1 aliphatic heterocycles. The van der Waals surface area contributed by atoms with E-state index >= 15 is 0 Å². The van der Waals surface area contributed by atoms with E-state index in [1.807, 2.05) is 0 Å². The van der Waals surface area contributed by atoms with Gasteiger partial charge in [-0.25, -0.2) is 0 Å². The summed E-state index contributed by atoms with van der Waals surface area (Å²) in [6, 6.07) is 0. The number of carboxylic acids is 1. The molecule has 1 saturated heterocycles. The van der Waals surface area contributed by atoms with Crippen LogP contribution < -0.4 is 5.32 Å². The first-order chi connectivity index (χ1) is 7.63. The monoisotopic (exact) mass is 224 g/mol. The van der Waals surface area contributed by atoms with Crippen LogP contribution in [0.2, 0.25) is 0 Å². The lowest BCUT2D eigenvalue weighted by atomic mass is 10.1. The molecule has 0 saturated carbocycles. The van der Waals surface area contributed by atoms with Gasteiger partial charge in [0.05, 0.1) is 13.1 Å². The first-order valence-corrected chi connectivity index (χ1v) is 5.27.